The Morgan fingerprint density at radius 2 is 2.33 bits per heavy atom. The fraction of sp³-hybridized carbons (Fsp3) is 0.727. The molecule has 3 nitrogen and oxygen atoms in total. The van der Waals surface area contributed by atoms with Crippen LogP contribution in [0.3, 0.4) is 0 Å². The third-order valence-corrected chi connectivity index (χ3v) is 4.10. The van der Waals surface area contributed by atoms with Crippen LogP contribution in [-0.2, 0) is 0 Å². The van der Waals surface area contributed by atoms with Gasteiger partial charge < -0.3 is 5.73 Å². The molecule has 1 unspecified atom stereocenters. The summed E-state index contributed by atoms with van der Waals surface area (Å²) in [5.74, 6) is 1.45. The Labute approximate surface area is 96.1 Å². The van der Waals surface area contributed by atoms with Gasteiger partial charge in [-0.05, 0) is 25.7 Å². The van der Waals surface area contributed by atoms with E-state index in [4.69, 9.17) is 5.73 Å². The van der Waals surface area contributed by atoms with Gasteiger partial charge >= 0.3 is 6.03 Å². The highest BCUT2D eigenvalue weighted by atomic mass is 32.2. The molecule has 1 atom stereocenters. The van der Waals surface area contributed by atoms with Crippen molar-refractivity contribution in [3.8, 4) is 0 Å². The molecule has 0 spiro atoms. The van der Waals surface area contributed by atoms with Crippen molar-refractivity contribution in [1.29, 1.82) is 0 Å². The Balaban J connectivity index is 2.98. The van der Waals surface area contributed by atoms with E-state index in [-0.39, 0.29) is 11.6 Å². The lowest BCUT2D eigenvalue weighted by molar-refractivity contribution is 0.159. The standard InChI is InChI=1S/C11H20N2OS/c1-5-11(3,4)13(10(12)14)9-7-15-6-8(9)2/h7-8H,5-6H2,1-4H3,(H2,12,14). The minimum atomic E-state index is -0.345. The Morgan fingerprint density at radius 3 is 2.67 bits per heavy atom. The van der Waals surface area contributed by atoms with E-state index in [1.165, 1.54) is 0 Å². The van der Waals surface area contributed by atoms with Crippen molar-refractivity contribution in [3.63, 3.8) is 0 Å². The van der Waals surface area contributed by atoms with Crippen LogP contribution in [0, 0.1) is 5.92 Å². The van der Waals surface area contributed by atoms with E-state index in [2.05, 4.69) is 19.3 Å². The predicted octanol–water partition coefficient (Wildman–Crippen LogP) is 2.78. The highest BCUT2D eigenvalue weighted by Crippen LogP contribution is 2.35. The summed E-state index contributed by atoms with van der Waals surface area (Å²) in [6.07, 6.45) is 0.894. The summed E-state index contributed by atoms with van der Waals surface area (Å²) in [6.45, 7) is 8.30. The molecule has 0 saturated carbocycles. The summed E-state index contributed by atoms with van der Waals surface area (Å²) in [6, 6.07) is -0.345. The van der Waals surface area contributed by atoms with Gasteiger partial charge in [-0.1, -0.05) is 13.8 Å². The summed E-state index contributed by atoms with van der Waals surface area (Å²) in [7, 11) is 0. The number of allylic oxidation sites excluding steroid dienone is 1. The van der Waals surface area contributed by atoms with Gasteiger partial charge in [0.05, 0.1) is 0 Å². The molecule has 0 aliphatic carbocycles. The summed E-state index contributed by atoms with van der Waals surface area (Å²) in [4.78, 5) is 13.3. The third-order valence-electron chi connectivity index (χ3n) is 3.00. The van der Waals surface area contributed by atoms with Crippen molar-refractivity contribution in [2.75, 3.05) is 5.75 Å². The molecule has 2 amide bonds. The van der Waals surface area contributed by atoms with Crippen LogP contribution in [0.2, 0.25) is 0 Å². The SMILES string of the molecule is CCC(C)(C)N(C(N)=O)C1=CSCC1C. The van der Waals surface area contributed by atoms with E-state index in [1.807, 2.05) is 13.8 Å². The van der Waals surface area contributed by atoms with Crippen molar-refractivity contribution < 1.29 is 4.79 Å². The van der Waals surface area contributed by atoms with Crippen LogP contribution in [-0.4, -0.2) is 22.2 Å². The van der Waals surface area contributed by atoms with Crippen LogP contribution in [0.4, 0.5) is 4.79 Å². The molecule has 86 valence electrons. The summed E-state index contributed by atoms with van der Waals surface area (Å²) < 4.78 is 0. The van der Waals surface area contributed by atoms with Crippen LogP contribution >= 0.6 is 11.8 Å². The van der Waals surface area contributed by atoms with E-state index in [1.54, 1.807) is 16.7 Å². The minimum absolute atomic E-state index is 0.198. The number of amides is 2. The molecule has 4 heteroatoms. The molecular formula is C11H20N2OS. The maximum absolute atomic E-state index is 11.5. The topological polar surface area (TPSA) is 46.3 Å². The van der Waals surface area contributed by atoms with Crippen molar-refractivity contribution in [1.82, 2.24) is 4.90 Å². The number of nitrogens with two attached hydrogens (primary N) is 1. The first-order valence-corrected chi connectivity index (χ1v) is 6.36. The van der Waals surface area contributed by atoms with E-state index in [9.17, 15) is 4.79 Å². The Bertz CT molecular complexity index is 286. The Morgan fingerprint density at radius 1 is 1.73 bits per heavy atom. The first kappa shape index (κ1) is 12.4. The zero-order valence-corrected chi connectivity index (χ0v) is 10.7. The molecule has 0 radical (unpaired) electrons. The van der Waals surface area contributed by atoms with E-state index in [0.29, 0.717) is 5.92 Å². The number of hydrogen-bond donors (Lipinski definition) is 1. The number of nitrogens with zero attached hydrogens (tertiary/aromatic N) is 1. The van der Waals surface area contributed by atoms with E-state index >= 15 is 0 Å². The highest BCUT2D eigenvalue weighted by Gasteiger charge is 2.34. The molecule has 1 aliphatic rings. The number of carbonyl (C=O) groups is 1. The monoisotopic (exact) mass is 228 g/mol. The summed E-state index contributed by atoms with van der Waals surface area (Å²) in [5.41, 5.74) is 6.35. The molecule has 2 N–H and O–H groups in total. The fourth-order valence-electron chi connectivity index (χ4n) is 1.69. The lowest BCUT2D eigenvalue weighted by Gasteiger charge is -2.38. The normalized spacial score (nSPS) is 21.3. The quantitative estimate of drug-likeness (QED) is 0.807. The van der Waals surface area contributed by atoms with Gasteiger partial charge in [0, 0.05) is 22.9 Å². The number of primary amides is 1. The molecule has 0 aromatic carbocycles. The number of hydrogen-bond acceptors (Lipinski definition) is 2. The number of rotatable bonds is 3. The zero-order chi connectivity index (χ0) is 11.6. The second-order valence-electron chi connectivity index (χ2n) is 4.62. The van der Waals surface area contributed by atoms with Crippen molar-refractivity contribution in [3.05, 3.63) is 11.1 Å². The van der Waals surface area contributed by atoms with Crippen LogP contribution in [0.5, 0.6) is 0 Å². The molecule has 15 heavy (non-hydrogen) atoms. The smallest absolute Gasteiger partial charge is 0.319 e. The molecule has 0 aromatic rings. The van der Waals surface area contributed by atoms with Gasteiger partial charge in [0.1, 0.15) is 0 Å². The second kappa shape index (κ2) is 4.47. The Hall–Kier alpha value is -0.640. The van der Waals surface area contributed by atoms with Gasteiger partial charge in [-0.15, -0.1) is 11.8 Å². The maximum atomic E-state index is 11.5. The van der Waals surface area contributed by atoms with E-state index in [0.717, 1.165) is 17.9 Å². The average Bonchev–Trinajstić information content (AvgIpc) is 2.51. The summed E-state index contributed by atoms with van der Waals surface area (Å²) >= 11 is 1.75. The van der Waals surface area contributed by atoms with Crippen molar-refractivity contribution >= 4 is 17.8 Å². The zero-order valence-electron chi connectivity index (χ0n) is 9.91. The minimum Gasteiger partial charge on any atom is -0.351 e. The number of thioether (sulfide) groups is 1. The van der Waals surface area contributed by atoms with Gasteiger partial charge in [0.2, 0.25) is 0 Å². The van der Waals surface area contributed by atoms with Gasteiger partial charge in [-0.2, -0.15) is 0 Å². The lowest BCUT2D eigenvalue weighted by atomic mass is 9.96. The lowest BCUT2D eigenvalue weighted by Crippen LogP contribution is -2.50. The predicted molar refractivity (Wildman–Crippen MR) is 65.5 cm³/mol. The van der Waals surface area contributed by atoms with Gasteiger partial charge in [-0.3, -0.25) is 4.90 Å². The molecule has 0 aromatic heterocycles. The largest absolute Gasteiger partial charge is 0.351 e. The average molecular weight is 228 g/mol. The van der Waals surface area contributed by atoms with Crippen LogP contribution < -0.4 is 5.73 Å². The Kier molecular flexibility index (Phi) is 3.71. The van der Waals surface area contributed by atoms with Crippen molar-refractivity contribution in [2.45, 2.75) is 39.7 Å². The van der Waals surface area contributed by atoms with E-state index < -0.39 is 0 Å². The number of carbonyl (C=O) groups excluding carboxylic acids is 1. The van der Waals surface area contributed by atoms with Crippen molar-refractivity contribution in [2.24, 2.45) is 11.7 Å². The first-order chi connectivity index (χ1) is 6.90. The molecule has 1 heterocycles. The maximum Gasteiger partial charge on any atom is 0.319 e. The van der Waals surface area contributed by atoms with Crippen LogP contribution in [0.1, 0.15) is 34.1 Å². The third kappa shape index (κ3) is 2.48. The van der Waals surface area contributed by atoms with Gasteiger partial charge in [0.15, 0.2) is 0 Å². The molecule has 0 fully saturated rings. The van der Waals surface area contributed by atoms with Gasteiger partial charge in [0.25, 0.3) is 0 Å². The molecule has 0 saturated heterocycles. The second-order valence-corrected chi connectivity index (χ2v) is 5.52. The summed E-state index contributed by atoms with van der Waals surface area (Å²) in [5, 5.41) is 2.06. The molecule has 1 rings (SSSR count). The molecular weight excluding hydrogens is 208 g/mol. The molecule has 0 bridgehead atoms. The first-order valence-electron chi connectivity index (χ1n) is 5.31. The molecule has 1 aliphatic heterocycles. The van der Waals surface area contributed by atoms with Crippen LogP contribution in [0.25, 0.3) is 0 Å². The number of urea groups is 1. The highest BCUT2D eigenvalue weighted by molar-refractivity contribution is 8.02. The van der Waals surface area contributed by atoms with Gasteiger partial charge in [-0.25, -0.2) is 4.79 Å². The van der Waals surface area contributed by atoms with Crippen LogP contribution in [0.15, 0.2) is 11.1 Å². The fourth-order valence-corrected chi connectivity index (χ4v) is 2.75.